The SMILES string of the molecule is N=C1C(=N)c2c(c(-c3ccccc3)nc3ccccc23)C=C1c1nc(-c2ccc(-c3ccccc3)cc2)nc(-c2ccc(-c3ccccc3)cc2)n1. The van der Waals surface area contributed by atoms with E-state index in [1.54, 1.807) is 0 Å². The van der Waals surface area contributed by atoms with Crippen LogP contribution in [-0.2, 0) is 0 Å². The highest BCUT2D eigenvalue weighted by Crippen LogP contribution is 2.38. The van der Waals surface area contributed by atoms with Crippen LogP contribution in [-0.4, -0.2) is 31.4 Å². The van der Waals surface area contributed by atoms with Gasteiger partial charge in [-0.15, -0.1) is 0 Å². The van der Waals surface area contributed by atoms with Crippen LogP contribution in [0.3, 0.4) is 0 Å². The Labute approximate surface area is 300 Å². The summed E-state index contributed by atoms with van der Waals surface area (Å²) < 4.78 is 0. The molecule has 1 aliphatic rings. The lowest BCUT2D eigenvalue weighted by Crippen LogP contribution is -2.23. The van der Waals surface area contributed by atoms with Gasteiger partial charge < -0.3 is 0 Å². The molecule has 6 heteroatoms. The molecule has 8 aromatic rings. The average Bonchev–Trinajstić information content (AvgIpc) is 3.22. The van der Waals surface area contributed by atoms with Crippen LogP contribution in [0.15, 0.2) is 164 Å². The van der Waals surface area contributed by atoms with Gasteiger partial charge in [0, 0.05) is 38.8 Å². The predicted molar refractivity (Wildman–Crippen MR) is 211 cm³/mol. The Morgan fingerprint density at radius 2 is 0.769 bits per heavy atom. The molecule has 9 rings (SSSR count). The molecule has 2 heterocycles. The van der Waals surface area contributed by atoms with Gasteiger partial charge in [-0.05, 0) is 34.4 Å². The summed E-state index contributed by atoms with van der Waals surface area (Å²) >= 11 is 0. The van der Waals surface area contributed by atoms with Crippen LogP contribution in [0.4, 0.5) is 0 Å². The zero-order valence-electron chi connectivity index (χ0n) is 28.0. The molecular formula is C46H30N6. The van der Waals surface area contributed by atoms with Crippen molar-refractivity contribution in [3.63, 3.8) is 0 Å². The molecule has 0 aliphatic heterocycles. The van der Waals surface area contributed by atoms with Crippen LogP contribution in [0.2, 0.25) is 0 Å². The molecule has 2 aromatic heterocycles. The van der Waals surface area contributed by atoms with Crippen LogP contribution < -0.4 is 0 Å². The van der Waals surface area contributed by atoms with Crippen LogP contribution >= 0.6 is 0 Å². The molecule has 1 aliphatic carbocycles. The van der Waals surface area contributed by atoms with E-state index in [2.05, 4.69) is 48.5 Å². The second-order valence-corrected chi connectivity index (χ2v) is 12.6. The highest BCUT2D eigenvalue weighted by molar-refractivity contribution is 6.64. The average molecular weight is 667 g/mol. The molecule has 0 unspecified atom stereocenters. The predicted octanol–water partition coefficient (Wildman–Crippen LogP) is 10.7. The van der Waals surface area contributed by atoms with Gasteiger partial charge in [0.2, 0.25) is 0 Å². The number of hydrogen-bond acceptors (Lipinski definition) is 6. The first-order chi connectivity index (χ1) is 25.6. The van der Waals surface area contributed by atoms with Crippen molar-refractivity contribution in [2.45, 2.75) is 0 Å². The molecular weight excluding hydrogens is 637 g/mol. The molecule has 0 bridgehead atoms. The van der Waals surface area contributed by atoms with Gasteiger partial charge in [-0.3, -0.25) is 10.8 Å². The lowest BCUT2D eigenvalue weighted by molar-refractivity contribution is 1.04. The lowest BCUT2D eigenvalue weighted by Gasteiger charge is -2.22. The van der Waals surface area contributed by atoms with E-state index in [0.29, 0.717) is 28.6 Å². The molecule has 0 radical (unpaired) electrons. The summed E-state index contributed by atoms with van der Waals surface area (Å²) in [5.74, 6) is 1.29. The highest BCUT2D eigenvalue weighted by atomic mass is 15.0. The fourth-order valence-corrected chi connectivity index (χ4v) is 6.74. The summed E-state index contributed by atoms with van der Waals surface area (Å²) in [5.41, 5.74) is 10.5. The summed E-state index contributed by atoms with van der Waals surface area (Å²) in [4.78, 5) is 20.0. The fourth-order valence-electron chi connectivity index (χ4n) is 6.74. The van der Waals surface area contributed by atoms with Crippen molar-refractivity contribution in [2.75, 3.05) is 0 Å². The van der Waals surface area contributed by atoms with E-state index in [1.165, 1.54) is 0 Å². The van der Waals surface area contributed by atoms with Gasteiger partial charge in [0.15, 0.2) is 17.5 Å². The van der Waals surface area contributed by atoms with Gasteiger partial charge >= 0.3 is 0 Å². The van der Waals surface area contributed by atoms with E-state index in [4.69, 9.17) is 19.9 Å². The van der Waals surface area contributed by atoms with E-state index < -0.39 is 0 Å². The Bertz CT molecular complexity index is 2570. The number of para-hydroxylation sites is 1. The number of benzene rings is 6. The molecule has 244 valence electrons. The Kier molecular flexibility index (Phi) is 7.67. The Morgan fingerprint density at radius 3 is 1.31 bits per heavy atom. The summed E-state index contributed by atoms with van der Waals surface area (Å²) in [6.07, 6.45) is 1.93. The van der Waals surface area contributed by atoms with Crippen molar-refractivity contribution in [3.05, 3.63) is 181 Å². The minimum Gasteiger partial charge on any atom is -0.298 e. The van der Waals surface area contributed by atoms with Crippen LogP contribution in [0.5, 0.6) is 0 Å². The first-order valence-corrected chi connectivity index (χ1v) is 17.1. The fraction of sp³-hybridized carbons (Fsp3) is 0. The number of rotatable bonds is 6. The topological polar surface area (TPSA) is 99.3 Å². The molecule has 6 aromatic carbocycles. The van der Waals surface area contributed by atoms with Crippen LogP contribution in [0.25, 0.3) is 78.8 Å². The molecule has 2 N–H and O–H groups in total. The number of nitrogens with one attached hydrogen (secondary N) is 2. The standard InChI is InChI=1S/C46H30N6/c47-41-38(28-37-40(42(41)48)36-18-10-11-19-39(36)49-43(37)33-16-8-3-9-17-33)46-51-44(34-24-20-31(21-25-34)29-12-4-1-5-13-29)50-45(52-46)35-26-22-32(23-27-35)30-14-6-2-7-15-30/h1-28,47-48H. The van der Waals surface area contributed by atoms with E-state index in [0.717, 1.165) is 61.1 Å². The largest absolute Gasteiger partial charge is 0.298 e. The van der Waals surface area contributed by atoms with Crippen LogP contribution in [0.1, 0.15) is 17.0 Å². The number of aromatic nitrogens is 4. The third-order valence-corrected chi connectivity index (χ3v) is 9.41. The van der Waals surface area contributed by atoms with Gasteiger partial charge in [0.25, 0.3) is 0 Å². The minimum atomic E-state index is 0.0461. The Hall–Kier alpha value is -7.18. The Balaban J connectivity index is 1.23. The summed E-state index contributed by atoms with van der Waals surface area (Å²) in [7, 11) is 0. The molecule has 6 nitrogen and oxygen atoms in total. The van der Waals surface area contributed by atoms with Crippen LogP contribution in [0, 0.1) is 10.8 Å². The van der Waals surface area contributed by atoms with Crippen molar-refractivity contribution < 1.29 is 0 Å². The van der Waals surface area contributed by atoms with Gasteiger partial charge in [-0.25, -0.2) is 19.9 Å². The van der Waals surface area contributed by atoms with Gasteiger partial charge in [-0.2, -0.15) is 0 Å². The first kappa shape index (κ1) is 30.8. The summed E-state index contributed by atoms with van der Waals surface area (Å²) in [5, 5.41) is 19.6. The summed E-state index contributed by atoms with van der Waals surface area (Å²) in [6, 6.07) is 54.6. The van der Waals surface area contributed by atoms with Gasteiger partial charge in [-0.1, -0.05) is 158 Å². The molecule has 52 heavy (non-hydrogen) atoms. The maximum absolute atomic E-state index is 9.38. The van der Waals surface area contributed by atoms with Gasteiger partial charge in [0.05, 0.1) is 22.6 Å². The zero-order valence-corrected chi connectivity index (χ0v) is 28.0. The molecule has 0 fully saturated rings. The van der Waals surface area contributed by atoms with Crippen molar-refractivity contribution in [2.24, 2.45) is 0 Å². The number of nitrogens with zero attached hydrogens (tertiary/aromatic N) is 4. The van der Waals surface area contributed by atoms with Crippen molar-refractivity contribution in [3.8, 4) is 56.3 Å². The van der Waals surface area contributed by atoms with E-state index in [-0.39, 0.29) is 11.4 Å². The third-order valence-electron chi connectivity index (χ3n) is 9.41. The second kappa shape index (κ2) is 12.9. The van der Waals surface area contributed by atoms with E-state index in [9.17, 15) is 10.8 Å². The van der Waals surface area contributed by atoms with E-state index in [1.807, 2.05) is 121 Å². The molecule has 0 saturated heterocycles. The van der Waals surface area contributed by atoms with Crippen molar-refractivity contribution in [1.29, 1.82) is 10.8 Å². The quantitative estimate of drug-likeness (QED) is 0.184. The lowest BCUT2D eigenvalue weighted by atomic mass is 9.84. The summed E-state index contributed by atoms with van der Waals surface area (Å²) in [6.45, 7) is 0. The number of pyridine rings is 1. The maximum Gasteiger partial charge on any atom is 0.166 e. The number of fused-ring (bicyclic) bond motifs is 3. The maximum atomic E-state index is 9.38. The monoisotopic (exact) mass is 666 g/mol. The first-order valence-electron chi connectivity index (χ1n) is 17.1. The minimum absolute atomic E-state index is 0.0461. The highest BCUT2D eigenvalue weighted by Gasteiger charge is 2.29. The molecule has 0 spiro atoms. The second-order valence-electron chi connectivity index (χ2n) is 12.6. The third kappa shape index (κ3) is 5.58. The van der Waals surface area contributed by atoms with Gasteiger partial charge in [0.1, 0.15) is 0 Å². The van der Waals surface area contributed by atoms with Crippen molar-refractivity contribution >= 4 is 34.0 Å². The molecule has 0 saturated carbocycles. The zero-order chi connectivity index (χ0) is 35.0. The number of allylic oxidation sites excluding steroid dienone is 1. The van der Waals surface area contributed by atoms with Crippen molar-refractivity contribution in [1.82, 2.24) is 19.9 Å². The smallest absolute Gasteiger partial charge is 0.166 e. The number of hydrogen-bond donors (Lipinski definition) is 2. The normalized spacial score (nSPS) is 12.4. The molecule has 0 atom stereocenters. The Morgan fingerprint density at radius 1 is 0.346 bits per heavy atom. The van der Waals surface area contributed by atoms with E-state index >= 15 is 0 Å². The molecule has 0 amide bonds.